The maximum absolute atomic E-state index is 12.6. The average Bonchev–Trinajstić information content (AvgIpc) is 2.73. The molecular weight excluding hydrogens is 449 g/mol. The van der Waals surface area contributed by atoms with Crippen LogP contribution in [0.1, 0.15) is 26.7 Å². The maximum atomic E-state index is 12.6. The van der Waals surface area contributed by atoms with Gasteiger partial charge in [-0.25, -0.2) is 8.42 Å². The molecule has 1 aromatic carbocycles. The Balaban J connectivity index is 1.87. The minimum atomic E-state index is -4.45. The van der Waals surface area contributed by atoms with Crippen LogP contribution in [0.2, 0.25) is 0 Å². The van der Waals surface area contributed by atoms with E-state index in [0.717, 1.165) is 0 Å². The van der Waals surface area contributed by atoms with Crippen molar-refractivity contribution in [2.24, 2.45) is 5.92 Å². The standard InChI is InChI=1S/C20H29F3N4O4S/c1-3-27(4-2)32(30,31)17-7-5-6-16(12-17)25-18(28)13-26-10-8-15(9-11-26)19(29)24-14-20(21,22)23/h5-7,12,15H,3-4,8-11,13-14H2,1-2H3,(H,24,29)(H,25,28). The summed E-state index contributed by atoms with van der Waals surface area (Å²) in [6.07, 6.45) is -3.74. The molecule has 0 bridgehead atoms. The van der Waals surface area contributed by atoms with E-state index in [0.29, 0.717) is 44.7 Å². The number of halogens is 3. The first kappa shape index (κ1) is 26.1. The summed E-state index contributed by atoms with van der Waals surface area (Å²) in [5.41, 5.74) is 0.352. The highest BCUT2D eigenvalue weighted by Crippen LogP contribution is 2.21. The fourth-order valence-electron chi connectivity index (χ4n) is 3.54. The molecule has 0 atom stereocenters. The SMILES string of the molecule is CCN(CC)S(=O)(=O)c1cccc(NC(=O)CN2CCC(C(=O)NCC(F)(F)F)CC2)c1. The molecular formula is C20H29F3N4O4S. The first-order valence-corrected chi connectivity index (χ1v) is 11.9. The normalized spacial score (nSPS) is 16.2. The van der Waals surface area contributed by atoms with Gasteiger partial charge in [0.15, 0.2) is 0 Å². The molecule has 1 fully saturated rings. The van der Waals surface area contributed by atoms with E-state index in [1.807, 2.05) is 5.32 Å². The van der Waals surface area contributed by atoms with Gasteiger partial charge in [-0.1, -0.05) is 19.9 Å². The third-order valence-electron chi connectivity index (χ3n) is 5.25. The van der Waals surface area contributed by atoms with Crippen LogP contribution in [0.5, 0.6) is 0 Å². The Morgan fingerprint density at radius 2 is 1.78 bits per heavy atom. The summed E-state index contributed by atoms with van der Waals surface area (Å²) >= 11 is 0. The van der Waals surface area contributed by atoms with Crippen molar-refractivity contribution in [1.29, 1.82) is 0 Å². The Morgan fingerprint density at radius 1 is 1.16 bits per heavy atom. The fourth-order valence-corrected chi connectivity index (χ4v) is 5.04. The summed E-state index contributed by atoms with van der Waals surface area (Å²) in [4.78, 5) is 26.1. The van der Waals surface area contributed by atoms with Crippen LogP contribution in [0.3, 0.4) is 0 Å². The molecule has 12 heteroatoms. The van der Waals surface area contributed by atoms with E-state index in [9.17, 15) is 31.2 Å². The summed E-state index contributed by atoms with van der Waals surface area (Å²) in [6.45, 7) is 3.63. The van der Waals surface area contributed by atoms with Gasteiger partial charge in [-0.3, -0.25) is 14.5 Å². The lowest BCUT2D eigenvalue weighted by Crippen LogP contribution is -2.44. The van der Waals surface area contributed by atoms with E-state index in [1.54, 1.807) is 30.9 Å². The summed E-state index contributed by atoms with van der Waals surface area (Å²) in [5, 5.41) is 4.58. The van der Waals surface area contributed by atoms with Crippen molar-refractivity contribution < 1.29 is 31.2 Å². The highest BCUT2D eigenvalue weighted by Gasteiger charge is 2.31. The topological polar surface area (TPSA) is 98.8 Å². The van der Waals surface area contributed by atoms with Crippen LogP contribution in [-0.2, 0) is 19.6 Å². The second-order valence-electron chi connectivity index (χ2n) is 7.55. The van der Waals surface area contributed by atoms with Crippen LogP contribution in [0.15, 0.2) is 29.2 Å². The van der Waals surface area contributed by atoms with E-state index in [-0.39, 0.29) is 17.3 Å². The number of benzene rings is 1. The van der Waals surface area contributed by atoms with Gasteiger partial charge >= 0.3 is 6.18 Å². The largest absolute Gasteiger partial charge is 0.405 e. The molecule has 0 aliphatic carbocycles. The van der Waals surface area contributed by atoms with Crippen molar-refractivity contribution in [3.63, 3.8) is 0 Å². The lowest BCUT2D eigenvalue weighted by atomic mass is 9.96. The summed E-state index contributed by atoms with van der Waals surface area (Å²) < 4.78 is 63.3. The number of nitrogens with zero attached hydrogens (tertiary/aromatic N) is 2. The van der Waals surface area contributed by atoms with Crippen LogP contribution in [-0.4, -0.2) is 74.9 Å². The van der Waals surface area contributed by atoms with Gasteiger partial charge in [0.25, 0.3) is 0 Å². The number of nitrogens with one attached hydrogen (secondary N) is 2. The lowest BCUT2D eigenvalue weighted by molar-refractivity contribution is -0.141. The second kappa shape index (κ2) is 11.1. The molecule has 0 spiro atoms. The number of alkyl halides is 3. The second-order valence-corrected chi connectivity index (χ2v) is 9.49. The highest BCUT2D eigenvalue weighted by molar-refractivity contribution is 7.89. The number of amides is 2. The van der Waals surface area contributed by atoms with E-state index in [1.165, 1.54) is 16.4 Å². The highest BCUT2D eigenvalue weighted by atomic mass is 32.2. The molecule has 2 rings (SSSR count). The first-order valence-electron chi connectivity index (χ1n) is 10.4. The molecule has 1 aliphatic heterocycles. The smallest absolute Gasteiger partial charge is 0.347 e. The van der Waals surface area contributed by atoms with Gasteiger partial charge in [-0.15, -0.1) is 0 Å². The number of anilines is 1. The molecule has 1 aromatic rings. The summed E-state index contributed by atoms with van der Waals surface area (Å²) in [6, 6.07) is 6.02. The number of hydrogen-bond donors (Lipinski definition) is 2. The maximum Gasteiger partial charge on any atom is 0.405 e. The molecule has 1 heterocycles. The Labute approximate surface area is 186 Å². The number of hydrogen-bond acceptors (Lipinski definition) is 5. The lowest BCUT2D eigenvalue weighted by Gasteiger charge is -2.30. The monoisotopic (exact) mass is 478 g/mol. The fraction of sp³-hybridized carbons (Fsp3) is 0.600. The van der Waals surface area contributed by atoms with Gasteiger partial charge in [-0.2, -0.15) is 17.5 Å². The van der Waals surface area contributed by atoms with Crippen LogP contribution in [0.4, 0.5) is 18.9 Å². The molecule has 0 saturated carbocycles. The quantitative estimate of drug-likeness (QED) is 0.566. The minimum absolute atomic E-state index is 0.0317. The van der Waals surface area contributed by atoms with Gasteiger partial charge in [0.05, 0.1) is 11.4 Å². The first-order chi connectivity index (χ1) is 15.0. The number of carbonyl (C=O) groups excluding carboxylic acids is 2. The van der Waals surface area contributed by atoms with Crippen molar-refractivity contribution >= 4 is 27.5 Å². The van der Waals surface area contributed by atoms with E-state index in [2.05, 4.69) is 5.32 Å². The van der Waals surface area contributed by atoms with Crippen LogP contribution in [0.25, 0.3) is 0 Å². The Hall–Kier alpha value is -2.18. The Morgan fingerprint density at radius 3 is 2.34 bits per heavy atom. The van der Waals surface area contributed by atoms with Crippen LogP contribution >= 0.6 is 0 Å². The Kier molecular flexibility index (Phi) is 9.05. The predicted molar refractivity (Wildman–Crippen MR) is 113 cm³/mol. The summed E-state index contributed by atoms with van der Waals surface area (Å²) in [5.74, 6) is -1.49. The van der Waals surface area contributed by atoms with Gasteiger partial charge in [-0.05, 0) is 44.1 Å². The zero-order valence-corrected chi connectivity index (χ0v) is 18.9. The zero-order chi connectivity index (χ0) is 23.9. The summed E-state index contributed by atoms with van der Waals surface area (Å²) in [7, 11) is -3.65. The number of likely N-dealkylation sites (tertiary alicyclic amines) is 1. The Bertz CT molecular complexity index is 896. The molecule has 1 saturated heterocycles. The van der Waals surface area contributed by atoms with E-state index >= 15 is 0 Å². The third kappa shape index (κ3) is 7.45. The average molecular weight is 479 g/mol. The molecule has 32 heavy (non-hydrogen) atoms. The van der Waals surface area contributed by atoms with Crippen LogP contribution in [0, 0.1) is 5.92 Å². The molecule has 0 aromatic heterocycles. The van der Waals surface area contributed by atoms with Crippen molar-refractivity contribution in [2.75, 3.05) is 44.6 Å². The number of sulfonamides is 1. The van der Waals surface area contributed by atoms with Gasteiger partial charge < -0.3 is 10.6 Å². The molecule has 180 valence electrons. The number of carbonyl (C=O) groups is 2. The van der Waals surface area contributed by atoms with Crippen molar-refractivity contribution in [1.82, 2.24) is 14.5 Å². The molecule has 8 nitrogen and oxygen atoms in total. The van der Waals surface area contributed by atoms with Crippen molar-refractivity contribution in [3.05, 3.63) is 24.3 Å². The van der Waals surface area contributed by atoms with Crippen molar-refractivity contribution in [3.8, 4) is 0 Å². The van der Waals surface area contributed by atoms with Gasteiger partial charge in [0.2, 0.25) is 21.8 Å². The van der Waals surface area contributed by atoms with Crippen LogP contribution < -0.4 is 10.6 Å². The third-order valence-corrected chi connectivity index (χ3v) is 7.30. The molecule has 2 amide bonds. The zero-order valence-electron chi connectivity index (χ0n) is 18.1. The molecule has 0 unspecified atom stereocenters. The van der Waals surface area contributed by atoms with Gasteiger partial charge in [0.1, 0.15) is 6.54 Å². The molecule has 1 aliphatic rings. The van der Waals surface area contributed by atoms with Crippen molar-refractivity contribution in [2.45, 2.75) is 37.8 Å². The number of piperidine rings is 1. The molecule has 0 radical (unpaired) electrons. The predicted octanol–water partition coefficient (Wildman–Crippen LogP) is 2.05. The minimum Gasteiger partial charge on any atom is -0.347 e. The number of rotatable bonds is 9. The van der Waals surface area contributed by atoms with E-state index in [4.69, 9.17) is 0 Å². The van der Waals surface area contributed by atoms with E-state index < -0.39 is 34.6 Å². The van der Waals surface area contributed by atoms with Gasteiger partial charge in [0, 0.05) is 24.7 Å². The molecule has 2 N–H and O–H groups in total.